The second-order valence-electron chi connectivity index (χ2n) is 30.7. The summed E-state index contributed by atoms with van der Waals surface area (Å²) in [4.78, 5) is 25.4. The number of benzene rings is 18. The number of aromatic nitrogens is 9. The van der Waals surface area contributed by atoms with Crippen LogP contribution in [0.2, 0.25) is 0 Å². The normalized spacial score (nSPS) is 11.7. The van der Waals surface area contributed by atoms with Crippen molar-refractivity contribution < 1.29 is 0 Å². The highest BCUT2D eigenvalue weighted by Gasteiger charge is 2.23. The van der Waals surface area contributed by atoms with Crippen molar-refractivity contribution in [1.29, 1.82) is 0 Å². The minimum Gasteiger partial charge on any atom is -0.309 e. The van der Waals surface area contributed by atoms with Gasteiger partial charge in [-0.15, -0.1) is 0 Å². The molecule has 0 fully saturated rings. The molecule has 0 unspecified atom stereocenters. The van der Waals surface area contributed by atoms with Crippen LogP contribution >= 0.6 is 0 Å². The first kappa shape index (κ1) is 69.3. The maximum atomic E-state index is 5.17. The van der Waals surface area contributed by atoms with Crippen LogP contribution in [0.1, 0.15) is 0 Å². The van der Waals surface area contributed by atoms with Crippen LogP contribution in [0.15, 0.2) is 431 Å². The van der Waals surface area contributed by atoms with E-state index in [0.717, 1.165) is 83.6 Å². The summed E-state index contributed by atoms with van der Waals surface area (Å²) in [6.45, 7) is 0. The van der Waals surface area contributed by atoms with E-state index in [-0.39, 0.29) is 0 Å². The molecule has 24 rings (SSSR count). The molecule has 560 valence electrons. The minimum atomic E-state index is 0.640. The van der Waals surface area contributed by atoms with Gasteiger partial charge in [-0.2, -0.15) is 0 Å². The van der Waals surface area contributed by atoms with Gasteiger partial charge < -0.3 is 18.3 Å². The van der Waals surface area contributed by atoms with E-state index in [1.54, 1.807) is 0 Å². The highest BCUT2D eigenvalue weighted by Crippen LogP contribution is 2.44. The Balaban J connectivity index is 0.000000140. The second kappa shape index (κ2) is 28.9. The molecule has 0 saturated carbocycles. The molecule has 6 aromatic heterocycles. The van der Waals surface area contributed by atoms with Crippen molar-refractivity contribution in [3.63, 3.8) is 0 Å². The molecule has 0 N–H and O–H groups in total. The van der Waals surface area contributed by atoms with Gasteiger partial charge >= 0.3 is 0 Å². The minimum absolute atomic E-state index is 0.640. The zero-order valence-electron chi connectivity index (χ0n) is 65.0. The lowest BCUT2D eigenvalue weighted by atomic mass is 10.0. The molecule has 18 aromatic carbocycles. The Kier molecular flexibility index (Phi) is 16.7. The fourth-order valence-corrected chi connectivity index (χ4v) is 18.1. The summed E-state index contributed by atoms with van der Waals surface area (Å²) in [5.74, 6) is 2.64. The molecule has 9 heteroatoms. The SMILES string of the molecule is c1ccc(-c2cc(-c3ccc(-n4c5ccccc5c5cc(-c6ccc7c(c6)c6ccccc6n7-c6ccccc6)ccc54)cc3)nc(-c3ccc4ccccc4c3)n2)cc1.c1ccc(-c2nc(-c3ccccc3)nc(-c3ccc(-n4c5ccccc5c5cc(-c6ccc7c(c6)c6ccccc6n7-c6ccccc6)ccc54)c4ccccc34)n2)cc1. The Morgan fingerprint density at radius 1 is 0.150 bits per heavy atom. The van der Waals surface area contributed by atoms with Gasteiger partial charge in [0.15, 0.2) is 23.3 Å². The first-order valence-electron chi connectivity index (χ1n) is 40.7. The standard InChI is InChI=1S/C56H36N4.C55H35N5/c1-3-14-38(15-4-1)50-36-51(58-56(57-50)43-24-23-37-13-7-8-16-40(37)33-43)39-25-29-45(30-26-39)60-53-22-12-10-20-47(53)49-35-42(28-32-55(49)60)41-27-31-54-48(34-41)46-19-9-11-21-52(46)59(54)44-17-5-2-6-18-44;1-4-16-36(17-5-1)53-56-54(37-18-6-2-7-19-37)58-55(57-53)45-30-33-50(42-23-11-10-22-41(42)45)60-49-27-15-13-25-44(49)47-35-39(29-32-52(47)60)38-28-31-51-46(34-38)43-24-12-14-26-48(43)59(51)40-20-8-3-9-21-40/h1-36H;1-35H. The van der Waals surface area contributed by atoms with E-state index in [9.17, 15) is 0 Å². The Labute approximate surface area is 691 Å². The summed E-state index contributed by atoms with van der Waals surface area (Å²) >= 11 is 0. The lowest BCUT2D eigenvalue weighted by Crippen LogP contribution is -2.01. The predicted molar refractivity (Wildman–Crippen MR) is 498 cm³/mol. The second-order valence-corrected chi connectivity index (χ2v) is 30.7. The molecule has 0 aliphatic heterocycles. The van der Waals surface area contributed by atoms with Crippen molar-refractivity contribution >= 4 is 109 Å². The van der Waals surface area contributed by atoms with Gasteiger partial charge in [0.1, 0.15) is 0 Å². The van der Waals surface area contributed by atoms with Crippen LogP contribution in [-0.2, 0) is 0 Å². The molecule has 9 nitrogen and oxygen atoms in total. The Hall–Kier alpha value is -16.2. The molecular formula is C111H71N9. The largest absolute Gasteiger partial charge is 0.309 e. The van der Waals surface area contributed by atoms with Gasteiger partial charge in [0, 0.05) is 98.9 Å². The van der Waals surface area contributed by atoms with Crippen LogP contribution in [0, 0.1) is 0 Å². The third-order valence-electron chi connectivity index (χ3n) is 23.7. The molecule has 6 heterocycles. The quantitative estimate of drug-likeness (QED) is 0.122. The van der Waals surface area contributed by atoms with Gasteiger partial charge in [-0.3, -0.25) is 0 Å². The molecule has 0 saturated heterocycles. The highest BCUT2D eigenvalue weighted by atomic mass is 15.0. The van der Waals surface area contributed by atoms with Crippen molar-refractivity contribution in [1.82, 2.24) is 43.2 Å². The number of fused-ring (bicyclic) bond motifs is 14. The van der Waals surface area contributed by atoms with Gasteiger partial charge in [-0.05, 0) is 172 Å². The molecule has 120 heavy (non-hydrogen) atoms. The van der Waals surface area contributed by atoms with Crippen LogP contribution in [0.4, 0.5) is 0 Å². The fourth-order valence-electron chi connectivity index (χ4n) is 18.1. The monoisotopic (exact) mass is 1530 g/mol. The van der Waals surface area contributed by atoms with Crippen molar-refractivity contribution in [2.45, 2.75) is 0 Å². The van der Waals surface area contributed by atoms with Crippen LogP contribution in [0.25, 0.3) is 222 Å². The van der Waals surface area contributed by atoms with Crippen LogP contribution in [0.5, 0.6) is 0 Å². The van der Waals surface area contributed by atoms with Gasteiger partial charge in [-0.1, -0.05) is 297 Å². The Morgan fingerprint density at radius 3 is 0.908 bits per heavy atom. The third-order valence-corrected chi connectivity index (χ3v) is 23.7. The first-order chi connectivity index (χ1) is 59.5. The lowest BCUT2D eigenvalue weighted by molar-refractivity contribution is 1.08. The van der Waals surface area contributed by atoms with E-state index in [1.165, 1.54) is 115 Å². The number of para-hydroxylation sites is 6. The van der Waals surface area contributed by atoms with Crippen molar-refractivity contribution in [3.8, 4) is 113 Å². The number of rotatable bonds is 12. The van der Waals surface area contributed by atoms with Gasteiger partial charge in [0.05, 0.1) is 61.2 Å². The van der Waals surface area contributed by atoms with Crippen molar-refractivity contribution in [3.05, 3.63) is 431 Å². The third kappa shape index (κ3) is 12.0. The summed E-state index contributed by atoms with van der Waals surface area (Å²) in [5.41, 5.74) is 26.5. The summed E-state index contributed by atoms with van der Waals surface area (Å²) in [7, 11) is 0. The summed E-state index contributed by atoms with van der Waals surface area (Å²) < 4.78 is 9.53. The predicted octanol–water partition coefficient (Wildman–Crippen LogP) is 28.4. The molecular weight excluding hydrogens is 1460 g/mol. The van der Waals surface area contributed by atoms with Gasteiger partial charge in [-0.25, -0.2) is 24.9 Å². The van der Waals surface area contributed by atoms with E-state index >= 15 is 0 Å². The number of hydrogen-bond donors (Lipinski definition) is 0. The van der Waals surface area contributed by atoms with Gasteiger partial charge in [0.25, 0.3) is 0 Å². The zero-order chi connectivity index (χ0) is 79.1. The summed E-state index contributed by atoms with van der Waals surface area (Å²) in [6.07, 6.45) is 0. The molecule has 0 bridgehead atoms. The molecule has 0 atom stereocenters. The first-order valence-corrected chi connectivity index (χ1v) is 40.7. The van der Waals surface area contributed by atoms with Crippen LogP contribution < -0.4 is 0 Å². The number of nitrogens with zero attached hydrogens (tertiary/aromatic N) is 9. The number of hydrogen-bond acceptors (Lipinski definition) is 5. The average molecular weight is 1530 g/mol. The van der Waals surface area contributed by atoms with E-state index < -0.39 is 0 Å². The molecule has 0 aliphatic rings. The Bertz CT molecular complexity index is 8070. The van der Waals surface area contributed by atoms with E-state index in [4.69, 9.17) is 24.9 Å². The zero-order valence-corrected chi connectivity index (χ0v) is 65.0. The van der Waals surface area contributed by atoms with Crippen molar-refractivity contribution in [2.24, 2.45) is 0 Å². The maximum absolute atomic E-state index is 5.17. The fraction of sp³-hybridized carbons (Fsp3) is 0. The van der Waals surface area contributed by atoms with E-state index in [1.807, 2.05) is 66.7 Å². The topological polar surface area (TPSA) is 84.2 Å². The lowest BCUT2D eigenvalue weighted by Gasteiger charge is -2.15. The van der Waals surface area contributed by atoms with Crippen molar-refractivity contribution in [2.75, 3.05) is 0 Å². The summed E-state index contributed by atoms with van der Waals surface area (Å²) in [5, 5.41) is 14.4. The van der Waals surface area contributed by atoms with Crippen LogP contribution in [-0.4, -0.2) is 43.2 Å². The van der Waals surface area contributed by atoms with E-state index in [2.05, 4.69) is 382 Å². The smallest absolute Gasteiger partial charge is 0.164 e. The maximum Gasteiger partial charge on any atom is 0.164 e. The molecule has 0 radical (unpaired) electrons. The van der Waals surface area contributed by atoms with Crippen LogP contribution in [0.3, 0.4) is 0 Å². The Morgan fingerprint density at radius 2 is 0.458 bits per heavy atom. The van der Waals surface area contributed by atoms with E-state index in [0.29, 0.717) is 23.3 Å². The summed E-state index contributed by atoms with van der Waals surface area (Å²) in [6, 6.07) is 153. The van der Waals surface area contributed by atoms with Gasteiger partial charge in [0.2, 0.25) is 0 Å². The molecule has 0 aliphatic carbocycles. The molecule has 24 aromatic rings. The highest BCUT2D eigenvalue weighted by molar-refractivity contribution is 6.16. The molecule has 0 spiro atoms. The molecule has 0 amide bonds. The average Bonchev–Trinajstić information content (AvgIpc) is 1.61.